The Kier molecular flexibility index (Phi) is 9.90. The van der Waals surface area contributed by atoms with Gasteiger partial charge in [-0.1, -0.05) is 88.4 Å². The fourth-order valence-corrected chi connectivity index (χ4v) is 5.50. The van der Waals surface area contributed by atoms with Gasteiger partial charge in [-0.25, -0.2) is 4.39 Å². The van der Waals surface area contributed by atoms with Crippen molar-refractivity contribution in [2.75, 3.05) is 7.11 Å². The number of aryl methyl sites for hydroxylation is 2. The average molecular weight is 531 g/mol. The molecule has 0 saturated heterocycles. The van der Waals surface area contributed by atoms with Crippen LogP contribution >= 0.6 is 0 Å². The molecule has 0 bridgehead atoms. The highest BCUT2D eigenvalue weighted by Gasteiger charge is 2.31. The first-order valence-electron chi connectivity index (χ1n) is 14.1. The molecule has 0 aliphatic heterocycles. The van der Waals surface area contributed by atoms with Crippen LogP contribution in [0.3, 0.4) is 0 Å². The molecule has 0 aromatic heterocycles. The number of hydrogen-bond acceptors (Lipinski definition) is 3. The van der Waals surface area contributed by atoms with Crippen molar-refractivity contribution >= 4 is 12.0 Å². The maximum atomic E-state index is 14.8. The van der Waals surface area contributed by atoms with Crippen molar-refractivity contribution in [1.82, 2.24) is 0 Å². The number of carbonyl (C=O) groups excluding carboxylic acids is 1. The maximum Gasteiger partial charge on any atom is 0.310 e. The van der Waals surface area contributed by atoms with Crippen LogP contribution in [0.2, 0.25) is 0 Å². The molecule has 1 N–H and O–H groups in total. The standard InChI is InChI=1S/C35H43FO3/c1-8-34(38,9-2)19-18-26-14-15-29(20-24(26)5)35(10-3,11-4)30-16-17-31(25(6)21-30)27-12-13-28(32(36)22-27)23-33(37)39-7/h12-22,38H,8-11,23H2,1-7H3/b19-18+. The molecule has 3 aromatic carbocycles. The minimum atomic E-state index is -0.772. The van der Waals surface area contributed by atoms with Crippen molar-refractivity contribution in [2.24, 2.45) is 0 Å². The lowest BCUT2D eigenvalue weighted by molar-refractivity contribution is -0.139. The average Bonchev–Trinajstić information content (AvgIpc) is 2.94. The molecular weight excluding hydrogens is 487 g/mol. The summed E-state index contributed by atoms with van der Waals surface area (Å²) >= 11 is 0. The summed E-state index contributed by atoms with van der Waals surface area (Å²) in [6, 6.07) is 18.2. The number of halogens is 1. The Labute approximate surface area is 233 Å². The molecule has 3 nitrogen and oxygen atoms in total. The van der Waals surface area contributed by atoms with E-state index in [1.54, 1.807) is 6.07 Å². The van der Waals surface area contributed by atoms with Gasteiger partial charge < -0.3 is 9.84 Å². The van der Waals surface area contributed by atoms with Gasteiger partial charge in [-0.05, 0) is 90.1 Å². The number of carbonyl (C=O) groups is 1. The highest BCUT2D eigenvalue weighted by Crippen LogP contribution is 2.41. The largest absolute Gasteiger partial charge is 0.469 e. The molecule has 0 radical (unpaired) electrons. The van der Waals surface area contributed by atoms with Gasteiger partial charge in [0.25, 0.3) is 0 Å². The fourth-order valence-electron chi connectivity index (χ4n) is 5.50. The second kappa shape index (κ2) is 12.7. The quantitative estimate of drug-likeness (QED) is 0.253. The number of hydrogen-bond donors (Lipinski definition) is 1. The number of esters is 1. The van der Waals surface area contributed by atoms with Crippen LogP contribution in [0.5, 0.6) is 0 Å². The second-order valence-corrected chi connectivity index (χ2v) is 10.6. The smallest absolute Gasteiger partial charge is 0.310 e. The Morgan fingerprint density at radius 1 is 0.872 bits per heavy atom. The summed E-state index contributed by atoms with van der Waals surface area (Å²) in [5.41, 5.74) is 7.05. The molecule has 4 heteroatoms. The highest BCUT2D eigenvalue weighted by atomic mass is 19.1. The van der Waals surface area contributed by atoms with Crippen molar-refractivity contribution in [2.45, 2.75) is 84.7 Å². The van der Waals surface area contributed by atoms with E-state index in [0.29, 0.717) is 18.4 Å². The summed E-state index contributed by atoms with van der Waals surface area (Å²) in [5, 5.41) is 10.7. The normalized spacial score (nSPS) is 12.2. The summed E-state index contributed by atoms with van der Waals surface area (Å²) in [7, 11) is 1.30. The summed E-state index contributed by atoms with van der Waals surface area (Å²) in [4.78, 5) is 11.6. The van der Waals surface area contributed by atoms with Crippen molar-refractivity contribution in [3.63, 3.8) is 0 Å². The van der Waals surface area contributed by atoms with Crippen LogP contribution in [0.4, 0.5) is 4.39 Å². The van der Waals surface area contributed by atoms with Gasteiger partial charge in [0.1, 0.15) is 5.82 Å². The van der Waals surface area contributed by atoms with Gasteiger partial charge in [0, 0.05) is 5.41 Å². The zero-order chi connectivity index (χ0) is 28.8. The number of benzene rings is 3. The van der Waals surface area contributed by atoms with Crippen molar-refractivity contribution in [1.29, 1.82) is 0 Å². The molecule has 39 heavy (non-hydrogen) atoms. The Morgan fingerprint density at radius 3 is 2.00 bits per heavy atom. The molecule has 3 rings (SSSR count). The molecule has 0 atom stereocenters. The molecule has 208 valence electrons. The lowest BCUT2D eigenvalue weighted by Crippen LogP contribution is -2.26. The van der Waals surface area contributed by atoms with E-state index in [0.717, 1.165) is 35.1 Å². The van der Waals surface area contributed by atoms with E-state index in [4.69, 9.17) is 0 Å². The molecule has 0 aliphatic carbocycles. The van der Waals surface area contributed by atoms with E-state index >= 15 is 0 Å². The molecule has 0 amide bonds. The third kappa shape index (κ3) is 6.50. The van der Waals surface area contributed by atoms with Crippen LogP contribution in [0, 0.1) is 19.7 Å². The SMILES string of the molecule is CCC(O)(/C=C/c1ccc(C(CC)(CC)c2ccc(-c3ccc(CC(=O)OC)c(F)c3)c(C)c2)cc1C)CC. The number of ether oxygens (including phenoxy) is 1. The molecule has 0 heterocycles. The van der Waals surface area contributed by atoms with Crippen molar-refractivity contribution in [3.8, 4) is 11.1 Å². The van der Waals surface area contributed by atoms with Crippen LogP contribution in [-0.2, 0) is 21.4 Å². The minimum Gasteiger partial charge on any atom is -0.469 e. The predicted molar refractivity (Wildman–Crippen MR) is 159 cm³/mol. The Bertz CT molecular complexity index is 1330. The zero-order valence-corrected chi connectivity index (χ0v) is 24.5. The van der Waals surface area contributed by atoms with Gasteiger partial charge in [0.05, 0.1) is 19.1 Å². The van der Waals surface area contributed by atoms with Crippen LogP contribution in [0.1, 0.15) is 86.8 Å². The molecule has 3 aromatic rings. The Hall–Kier alpha value is -3.24. The zero-order valence-electron chi connectivity index (χ0n) is 24.5. The molecule has 0 unspecified atom stereocenters. The minimum absolute atomic E-state index is 0.0812. The maximum absolute atomic E-state index is 14.8. The van der Waals surface area contributed by atoms with Gasteiger partial charge in [-0.3, -0.25) is 4.79 Å². The van der Waals surface area contributed by atoms with Gasteiger partial charge in [0.15, 0.2) is 0 Å². The van der Waals surface area contributed by atoms with E-state index in [1.807, 2.05) is 32.1 Å². The van der Waals surface area contributed by atoms with Gasteiger partial charge in [-0.15, -0.1) is 0 Å². The van der Waals surface area contributed by atoms with E-state index in [-0.39, 0.29) is 11.8 Å². The topological polar surface area (TPSA) is 46.5 Å². The molecule has 0 fully saturated rings. The van der Waals surface area contributed by atoms with Crippen molar-refractivity contribution in [3.05, 3.63) is 99.9 Å². The molecular formula is C35H43FO3. The number of methoxy groups -OCH3 is 1. The van der Waals surface area contributed by atoms with E-state index in [1.165, 1.54) is 29.9 Å². The summed E-state index contributed by atoms with van der Waals surface area (Å²) in [6.07, 6.45) is 7.15. The van der Waals surface area contributed by atoms with E-state index < -0.39 is 17.4 Å². The molecule has 0 saturated carbocycles. The third-order valence-corrected chi connectivity index (χ3v) is 8.53. The monoisotopic (exact) mass is 530 g/mol. The lowest BCUT2D eigenvalue weighted by atomic mass is 9.69. The molecule has 0 spiro atoms. The number of rotatable bonds is 11. The Balaban J connectivity index is 1.97. The fraction of sp³-hybridized carbons (Fsp3) is 0.400. The third-order valence-electron chi connectivity index (χ3n) is 8.53. The van der Waals surface area contributed by atoms with Crippen LogP contribution in [0.15, 0.2) is 60.7 Å². The van der Waals surface area contributed by atoms with E-state index in [9.17, 15) is 14.3 Å². The first kappa shape index (κ1) is 30.3. The first-order chi connectivity index (χ1) is 18.6. The van der Waals surface area contributed by atoms with Crippen LogP contribution < -0.4 is 0 Å². The van der Waals surface area contributed by atoms with Gasteiger partial charge in [0.2, 0.25) is 0 Å². The van der Waals surface area contributed by atoms with E-state index in [2.05, 4.69) is 68.8 Å². The highest BCUT2D eigenvalue weighted by molar-refractivity contribution is 5.74. The Morgan fingerprint density at radius 2 is 1.49 bits per heavy atom. The molecule has 0 aliphatic rings. The van der Waals surface area contributed by atoms with Crippen molar-refractivity contribution < 1.29 is 19.0 Å². The van der Waals surface area contributed by atoms with Crippen LogP contribution in [0.25, 0.3) is 17.2 Å². The second-order valence-electron chi connectivity index (χ2n) is 10.6. The van der Waals surface area contributed by atoms with Crippen LogP contribution in [-0.4, -0.2) is 23.8 Å². The lowest BCUT2D eigenvalue weighted by Gasteiger charge is -2.34. The predicted octanol–water partition coefficient (Wildman–Crippen LogP) is 8.50. The summed E-state index contributed by atoms with van der Waals surface area (Å²) in [6.45, 7) is 12.7. The van der Waals surface area contributed by atoms with Gasteiger partial charge >= 0.3 is 5.97 Å². The summed E-state index contributed by atoms with van der Waals surface area (Å²) < 4.78 is 19.4. The van der Waals surface area contributed by atoms with Gasteiger partial charge in [-0.2, -0.15) is 0 Å². The number of aliphatic hydroxyl groups is 1. The summed E-state index contributed by atoms with van der Waals surface area (Å²) in [5.74, 6) is -0.862. The first-order valence-corrected chi connectivity index (χ1v) is 14.1.